The zero-order chi connectivity index (χ0) is 17.3. The average molecular weight is 340 g/mol. The number of hydrogen-bond acceptors (Lipinski definition) is 3. The molecule has 0 saturated carbocycles. The third kappa shape index (κ3) is 3.46. The number of carbonyl (C=O) groups excluding carboxylic acids is 2. The summed E-state index contributed by atoms with van der Waals surface area (Å²) in [5, 5.41) is 2.72. The van der Waals surface area contributed by atoms with Gasteiger partial charge in [0.1, 0.15) is 5.37 Å². The van der Waals surface area contributed by atoms with Gasteiger partial charge in [-0.3, -0.25) is 14.5 Å². The number of carbonyl (C=O) groups is 2. The number of aryl methyl sites for hydroxylation is 2. The van der Waals surface area contributed by atoms with Crippen LogP contribution in [0.1, 0.15) is 29.0 Å². The van der Waals surface area contributed by atoms with Crippen molar-refractivity contribution < 1.29 is 9.59 Å². The van der Waals surface area contributed by atoms with Crippen molar-refractivity contribution in [1.29, 1.82) is 0 Å². The molecule has 24 heavy (non-hydrogen) atoms. The molecule has 1 heterocycles. The summed E-state index contributed by atoms with van der Waals surface area (Å²) in [6, 6.07) is 13.9. The number of anilines is 2. The number of benzene rings is 2. The van der Waals surface area contributed by atoms with Crippen LogP contribution in [-0.2, 0) is 9.59 Å². The van der Waals surface area contributed by atoms with Crippen molar-refractivity contribution in [2.75, 3.05) is 16.0 Å². The van der Waals surface area contributed by atoms with Gasteiger partial charge in [0, 0.05) is 18.3 Å². The second-order valence-corrected chi connectivity index (χ2v) is 7.15. The molecule has 0 radical (unpaired) electrons. The number of thioether (sulfide) groups is 1. The molecule has 2 amide bonds. The third-order valence-electron chi connectivity index (χ3n) is 3.84. The van der Waals surface area contributed by atoms with Crippen LogP contribution in [0, 0.1) is 13.8 Å². The van der Waals surface area contributed by atoms with E-state index in [2.05, 4.69) is 11.4 Å². The van der Waals surface area contributed by atoms with Gasteiger partial charge in [-0.15, -0.1) is 11.8 Å². The van der Waals surface area contributed by atoms with E-state index < -0.39 is 0 Å². The van der Waals surface area contributed by atoms with Gasteiger partial charge in [0.15, 0.2) is 0 Å². The standard InChI is InChI=1S/C19H20N2O2S/c1-12-7-13(2)9-17(8-12)21-18(23)11-24-19(21)15-5-4-6-16(10-15)20-14(3)22/h4-10,19H,11H2,1-3H3,(H,20,22). The molecule has 2 aromatic carbocycles. The maximum atomic E-state index is 12.5. The predicted octanol–water partition coefficient (Wildman–Crippen LogP) is 4.04. The fourth-order valence-corrected chi connectivity index (χ4v) is 4.18. The first-order valence-electron chi connectivity index (χ1n) is 7.83. The van der Waals surface area contributed by atoms with Crippen LogP contribution in [-0.4, -0.2) is 17.6 Å². The van der Waals surface area contributed by atoms with Gasteiger partial charge in [0.05, 0.1) is 5.75 Å². The number of amides is 2. The van der Waals surface area contributed by atoms with Crippen molar-refractivity contribution in [2.45, 2.75) is 26.1 Å². The van der Waals surface area contributed by atoms with Crippen molar-refractivity contribution in [3.63, 3.8) is 0 Å². The molecule has 1 unspecified atom stereocenters. The van der Waals surface area contributed by atoms with E-state index in [0.717, 1.165) is 28.1 Å². The summed E-state index contributed by atoms with van der Waals surface area (Å²) in [7, 11) is 0. The topological polar surface area (TPSA) is 49.4 Å². The van der Waals surface area contributed by atoms with E-state index in [1.165, 1.54) is 6.92 Å². The van der Waals surface area contributed by atoms with Crippen molar-refractivity contribution in [1.82, 2.24) is 0 Å². The van der Waals surface area contributed by atoms with Crippen LogP contribution in [0.3, 0.4) is 0 Å². The Balaban J connectivity index is 1.97. The lowest BCUT2D eigenvalue weighted by Gasteiger charge is -2.25. The molecular weight excluding hydrogens is 320 g/mol. The molecule has 124 valence electrons. The molecule has 2 aromatic rings. The summed E-state index contributed by atoms with van der Waals surface area (Å²) in [5.74, 6) is 0.468. The Labute approximate surface area is 146 Å². The minimum absolute atomic E-state index is 0.0765. The average Bonchev–Trinajstić information content (AvgIpc) is 2.87. The molecule has 3 rings (SSSR count). The van der Waals surface area contributed by atoms with Crippen LogP contribution in [0.4, 0.5) is 11.4 Å². The van der Waals surface area contributed by atoms with Crippen molar-refractivity contribution in [3.8, 4) is 0 Å². The Kier molecular flexibility index (Phi) is 4.62. The van der Waals surface area contributed by atoms with Crippen LogP contribution in [0.2, 0.25) is 0 Å². The number of nitrogens with zero attached hydrogens (tertiary/aromatic N) is 1. The SMILES string of the molecule is CC(=O)Nc1cccc(C2SCC(=O)N2c2cc(C)cc(C)c2)c1. The molecule has 5 heteroatoms. The van der Waals surface area contributed by atoms with Gasteiger partial charge in [-0.05, 0) is 54.8 Å². The molecule has 0 aromatic heterocycles. The van der Waals surface area contributed by atoms with Gasteiger partial charge in [-0.2, -0.15) is 0 Å². The zero-order valence-electron chi connectivity index (χ0n) is 14.0. The minimum Gasteiger partial charge on any atom is -0.326 e. The van der Waals surface area contributed by atoms with E-state index in [-0.39, 0.29) is 17.2 Å². The summed E-state index contributed by atoms with van der Waals surface area (Å²) in [5.41, 5.74) is 4.97. The van der Waals surface area contributed by atoms with Crippen LogP contribution in [0.15, 0.2) is 42.5 Å². The first-order chi connectivity index (χ1) is 11.4. The van der Waals surface area contributed by atoms with Gasteiger partial charge in [-0.1, -0.05) is 18.2 Å². The van der Waals surface area contributed by atoms with Crippen molar-refractivity contribution in [3.05, 3.63) is 59.2 Å². The Morgan fingerprint density at radius 3 is 2.54 bits per heavy atom. The van der Waals surface area contributed by atoms with Gasteiger partial charge in [0.2, 0.25) is 11.8 Å². The number of rotatable bonds is 3. The summed E-state index contributed by atoms with van der Waals surface area (Å²) >= 11 is 1.61. The van der Waals surface area contributed by atoms with E-state index in [9.17, 15) is 9.59 Å². The molecule has 0 aliphatic carbocycles. The van der Waals surface area contributed by atoms with Gasteiger partial charge in [0.25, 0.3) is 0 Å². The molecule has 0 spiro atoms. The molecule has 1 aliphatic heterocycles. The lowest BCUT2D eigenvalue weighted by Crippen LogP contribution is -2.28. The van der Waals surface area contributed by atoms with E-state index in [0.29, 0.717) is 5.75 Å². The van der Waals surface area contributed by atoms with Gasteiger partial charge < -0.3 is 5.32 Å². The Bertz CT molecular complexity index is 783. The summed E-state index contributed by atoms with van der Waals surface area (Å²) in [4.78, 5) is 25.6. The number of hydrogen-bond donors (Lipinski definition) is 1. The maximum Gasteiger partial charge on any atom is 0.238 e. The fraction of sp³-hybridized carbons (Fsp3) is 0.263. The monoisotopic (exact) mass is 340 g/mol. The maximum absolute atomic E-state index is 12.5. The van der Waals surface area contributed by atoms with Gasteiger partial charge in [-0.25, -0.2) is 0 Å². The highest BCUT2D eigenvalue weighted by Crippen LogP contribution is 2.42. The number of nitrogens with one attached hydrogen (secondary N) is 1. The second kappa shape index (κ2) is 6.69. The van der Waals surface area contributed by atoms with E-state index in [1.807, 2.05) is 55.1 Å². The van der Waals surface area contributed by atoms with E-state index >= 15 is 0 Å². The molecule has 1 fully saturated rings. The van der Waals surface area contributed by atoms with Crippen molar-refractivity contribution in [2.24, 2.45) is 0 Å². The van der Waals surface area contributed by atoms with Crippen LogP contribution < -0.4 is 10.2 Å². The summed E-state index contributed by atoms with van der Waals surface area (Å²) in [6.45, 7) is 5.57. The molecule has 1 aliphatic rings. The highest BCUT2D eigenvalue weighted by atomic mass is 32.2. The van der Waals surface area contributed by atoms with Crippen LogP contribution in [0.5, 0.6) is 0 Å². The predicted molar refractivity (Wildman–Crippen MR) is 99.3 cm³/mol. The highest BCUT2D eigenvalue weighted by molar-refractivity contribution is 8.00. The highest BCUT2D eigenvalue weighted by Gasteiger charge is 2.34. The minimum atomic E-state index is -0.103. The third-order valence-corrected chi connectivity index (χ3v) is 5.06. The molecule has 1 saturated heterocycles. The Hall–Kier alpha value is -2.27. The van der Waals surface area contributed by atoms with Gasteiger partial charge >= 0.3 is 0 Å². The normalized spacial score (nSPS) is 17.2. The molecule has 4 nitrogen and oxygen atoms in total. The second-order valence-electron chi connectivity index (χ2n) is 6.08. The Morgan fingerprint density at radius 1 is 1.17 bits per heavy atom. The van der Waals surface area contributed by atoms with Crippen LogP contribution in [0.25, 0.3) is 0 Å². The van der Waals surface area contributed by atoms with E-state index in [4.69, 9.17) is 0 Å². The molecule has 1 atom stereocenters. The molecule has 0 bridgehead atoms. The first kappa shape index (κ1) is 16.6. The van der Waals surface area contributed by atoms with Crippen molar-refractivity contribution >= 4 is 35.0 Å². The largest absolute Gasteiger partial charge is 0.326 e. The fourth-order valence-electron chi connectivity index (χ4n) is 3.01. The van der Waals surface area contributed by atoms with E-state index in [1.54, 1.807) is 11.8 Å². The lowest BCUT2D eigenvalue weighted by atomic mass is 10.1. The summed E-state index contributed by atoms with van der Waals surface area (Å²) in [6.07, 6.45) is 0. The lowest BCUT2D eigenvalue weighted by molar-refractivity contribution is -0.116. The first-order valence-corrected chi connectivity index (χ1v) is 8.88. The quantitative estimate of drug-likeness (QED) is 0.917. The summed E-state index contributed by atoms with van der Waals surface area (Å²) < 4.78 is 0. The Morgan fingerprint density at radius 2 is 1.88 bits per heavy atom. The smallest absolute Gasteiger partial charge is 0.238 e. The zero-order valence-corrected chi connectivity index (χ0v) is 14.8. The molecular formula is C19H20N2O2S. The molecule has 1 N–H and O–H groups in total. The van der Waals surface area contributed by atoms with Crippen LogP contribution >= 0.6 is 11.8 Å².